The zero-order valence-electron chi connectivity index (χ0n) is 12.0. The van der Waals surface area contributed by atoms with E-state index in [1.54, 1.807) is 6.20 Å². The molecule has 2 rings (SSSR count). The molecule has 0 spiro atoms. The van der Waals surface area contributed by atoms with Crippen LogP contribution in [0.4, 0.5) is 5.82 Å². The van der Waals surface area contributed by atoms with Gasteiger partial charge in [-0.15, -0.1) is 0 Å². The zero-order valence-corrected chi connectivity index (χ0v) is 12.0. The average molecular weight is 258 g/mol. The first kappa shape index (κ1) is 13.8. The molecule has 0 aliphatic carbocycles. The van der Waals surface area contributed by atoms with E-state index < -0.39 is 0 Å². The van der Waals surface area contributed by atoms with Crippen LogP contribution >= 0.6 is 0 Å². The van der Waals surface area contributed by atoms with Crippen molar-refractivity contribution >= 4 is 5.82 Å². The van der Waals surface area contributed by atoms with Crippen molar-refractivity contribution in [2.45, 2.75) is 45.7 Å². The number of pyridine rings is 1. The normalized spacial score (nSPS) is 18.6. The molecule has 2 heterocycles. The number of aromatic nitrogens is 1. The van der Waals surface area contributed by atoms with Crippen molar-refractivity contribution in [2.24, 2.45) is 0 Å². The zero-order chi connectivity index (χ0) is 13.8. The number of rotatable bonds is 4. The minimum absolute atomic E-state index is 0.337. The Morgan fingerprint density at radius 2 is 2.37 bits per heavy atom. The maximum absolute atomic E-state index is 9.36. The fourth-order valence-electron chi connectivity index (χ4n) is 2.59. The summed E-state index contributed by atoms with van der Waals surface area (Å²) in [4.78, 5) is 6.69. The molecule has 1 aromatic rings. The lowest BCUT2D eigenvalue weighted by molar-refractivity contribution is 0.548. The van der Waals surface area contributed by atoms with Crippen LogP contribution in [0.3, 0.4) is 0 Å². The van der Waals surface area contributed by atoms with Gasteiger partial charge < -0.3 is 10.2 Å². The summed E-state index contributed by atoms with van der Waals surface area (Å²) in [6.07, 6.45) is 4.24. The monoisotopic (exact) mass is 258 g/mol. The number of hydrogen-bond donors (Lipinski definition) is 1. The molecule has 0 radical (unpaired) electrons. The van der Waals surface area contributed by atoms with Crippen LogP contribution in [0.1, 0.15) is 37.8 Å². The Kier molecular flexibility index (Phi) is 4.39. The lowest BCUT2D eigenvalue weighted by atomic mass is 10.1. The fourth-order valence-corrected chi connectivity index (χ4v) is 2.59. The molecule has 0 saturated carbocycles. The molecule has 1 saturated heterocycles. The summed E-state index contributed by atoms with van der Waals surface area (Å²) < 4.78 is 0. The summed E-state index contributed by atoms with van der Waals surface area (Å²) in [5, 5.41) is 12.9. The van der Waals surface area contributed by atoms with Gasteiger partial charge in [-0.3, -0.25) is 0 Å². The van der Waals surface area contributed by atoms with E-state index in [1.807, 2.05) is 13.0 Å². The van der Waals surface area contributed by atoms with E-state index in [1.165, 1.54) is 12.8 Å². The van der Waals surface area contributed by atoms with Crippen LogP contribution < -0.4 is 10.2 Å². The van der Waals surface area contributed by atoms with Crippen molar-refractivity contribution in [3.63, 3.8) is 0 Å². The molecule has 1 N–H and O–H groups in total. The van der Waals surface area contributed by atoms with Gasteiger partial charge in [0.1, 0.15) is 11.9 Å². The molecule has 1 aliphatic rings. The quantitative estimate of drug-likeness (QED) is 0.899. The van der Waals surface area contributed by atoms with Gasteiger partial charge in [-0.2, -0.15) is 5.26 Å². The van der Waals surface area contributed by atoms with Crippen LogP contribution in [0.15, 0.2) is 12.3 Å². The Bertz CT molecular complexity index is 470. The molecule has 0 amide bonds. The van der Waals surface area contributed by atoms with Crippen molar-refractivity contribution in [3.8, 4) is 6.07 Å². The number of hydrogen-bond acceptors (Lipinski definition) is 4. The number of aryl methyl sites for hydroxylation is 1. The number of nitrogens with zero attached hydrogens (tertiary/aromatic N) is 3. The Labute approximate surface area is 115 Å². The lowest BCUT2D eigenvalue weighted by Gasteiger charge is -2.31. The molecule has 1 unspecified atom stereocenters. The minimum atomic E-state index is 0.337. The predicted octanol–water partition coefficient (Wildman–Crippen LogP) is 2.23. The summed E-state index contributed by atoms with van der Waals surface area (Å²) >= 11 is 0. The van der Waals surface area contributed by atoms with E-state index in [0.29, 0.717) is 17.6 Å². The van der Waals surface area contributed by atoms with Crippen LogP contribution in [0.2, 0.25) is 0 Å². The highest BCUT2D eigenvalue weighted by Gasteiger charge is 2.23. The molecule has 0 aromatic carbocycles. The van der Waals surface area contributed by atoms with Crippen LogP contribution in [-0.2, 0) is 0 Å². The second-order valence-corrected chi connectivity index (χ2v) is 5.48. The molecule has 1 fully saturated rings. The first-order chi connectivity index (χ1) is 9.13. The Morgan fingerprint density at radius 3 is 2.95 bits per heavy atom. The van der Waals surface area contributed by atoms with E-state index in [-0.39, 0.29) is 0 Å². The van der Waals surface area contributed by atoms with Gasteiger partial charge in [-0.05, 0) is 51.8 Å². The fraction of sp³-hybridized carbons (Fsp3) is 0.600. The van der Waals surface area contributed by atoms with Gasteiger partial charge in [0.05, 0.1) is 5.56 Å². The van der Waals surface area contributed by atoms with Crippen molar-refractivity contribution in [3.05, 3.63) is 23.4 Å². The number of nitriles is 1. The summed E-state index contributed by atoms with van der Waals surface area (Å²) in [6, 6.07) is 5.04. The highest BCUT2D eigenvalue weighted by Crippen LogP contribution is 2.23. The number of nitrogens with one attached hydrogen (secondary N) is 1. The highest BCUT2D eigenvalue weighted by molar-refractivity contribution is 5.57. The van der Waals surface area contributed by atoms with E-state index in [9.17, 15) is 5.26 Å². The van der Waals surface area contributed by atoms with Gasteiger partial charge in [0.15, 0.2) is 0 Å². The van der Waals surface area contributed by atoms with E-state index in [2.05, 4.69) is 35.1 Å². The van der Waals surface area contributed by atoms with Crippen molar-refractivity contribution in [1.29, 1.82) is 5.26 Å². The molecule has 1 aliphatic heterocycles. The molecule has 0 bridgehead atoms. The third kappa shape index (κ3) is 3.05. The Balaban J connectivity index is 2.28. The topological polar surface area (TPSA) is 52.0 Å². The van der Waals surface area contributed by atoms with Gasteiger partial charge >= 0.3 is 0 Å². The summed E-state index contributed by atoms with van der Waals surface area (Å²) in [6.45, 7) is 8.29. The van der Waals surface area contributed by atoms with Crippen molar-refractivity contribution in [1.82, 2.24) is 10.3 Å². The summed E-state index contributed by atoms with van der Waals surface area (Å²) in [7, 11) is 0. The molecular formula is C15H22N4. The third-order valence-corrected chi connectivity index (χ3v) is 3.73. The van der Waals surface area contributed by atoms with Gasteiger partial charge in [0, 0.05) is 24.8 Å². The Hall–Kier alpha value is -1.60. The minimum Gasteiger partial charge on any atom is -0.352 e. The smallest absolute Gasteiger partial charge is 0.147 e. The van der Waals surface area contributed by atoms with Gasteiger partial charge in [0.25, 0.3) is 0 Å². The van der Waals surface area contributed by atoms with Crippen LogP contribution in [0.25, 0.3) is 0 Å². The maximum atomic E-state index is 9.36. The van der Waals surface area contributed by atoms with Gasteiger partial charge in [-0.1, -0.05) is 0 Å². The summed E-state index contributed by atoms with van der Waals surface area (Å²) in [5.41, 5.74) is 1.70. The van der Waals surface area contributed by atoms with Crippen LogP contribution in [-0.4, -0.2) is 30.2 Å². The largest absolute Gasteiger partial charge is 0.352 e. The summed E-state index contributed by atoms with van der Waals surface area (Å²) in [5.74, 6) is 0.825. The van der Waals surface area contributed by atoms with Crippen LogP contribution in [0, 0.1) is 18.3 Å². The van der Waals surface area contributed by atoms with Crippen molar-refractivity contribution in [2.75, 3.05) is 18.0 Å². The predicted molar refractivity (Wildman–Crippen MR) is 77.2 cm³/mol. The van der Waals surface area contributed by atoms with Crippen LogP contribution in [0.5, 0.6) is 0 Å². The second kappa shape index (κ2) is 6.03. The standard InChI is InChI=1S/C15H22N4/c1-11(2)19(10-13-5-4-7-17-13)15-14(9-16)12(3)6-8-18-15/h6,8,11,13,17H,4-5,7,10H2,1-3H3. The molecule has 19 heavy (non-hydrogen) atoms. The molecule has 4 nitrogen and oxygen atoms in total. The first-order valence-electron chi connectivity index (χ1n) is 6.99. The van der Waals surface area contributed by atoms with Gasteiger partial charge in [-0.25, -0.2) is 4.98 Å². The molecule has 4 heteroatoms. The van der Waals surface area contributed by atoms with E-state index in [4.69, 9.17) is 0 Å². The van der Waals surface area contributed by atoms with E-state index in [0.717, 1.165) is 24.5 Å². The average Bonchev–Trinajstić information content (AvgIpc) is 2.88. The lowest BCUT2D eigenvalue weighted by Crippen LogP contribution is -2.42. The van der Waals surface area contributed by atoms with Crippen molar-refractivity contribution < 1.29 is 0 Å². The third-order valence-electron chi connectivity index (χ3n) is 3.73. The second-order valence-electron chi connectivity index (χ2n) is 5.48. The Morgan fingerprint density at radius 1 is 1.58 bits per heavy atom. The van der Waals surface area contributed by atoms with E-state index >= 15 is 0 Å². The number of anilines is 1. The first-order valence-corrected chi connectivity index (χ1v) is 6.99. The molecular weight excluding hydrogens is 236 g/mol. The highest BCUT2D eigenvalue weighted by atomic mass is 15.2. The molecule has 1 aromatic heterocycles. The molecule has 102 valence electrons. The molecule has 1 atom stereocenters. The SMILES string of the molecule is Cc1ccnc(N(CC2CCCN2)C(C)C)c1C#N. The maximum Gasteiger partial charge on any atom is 0.147 e. The van der Waals surface area contributed by atoms with Gasteiger partial charge in [0.2, 0.25) is 0 Å².